The van der Waals surface area contributed by atoms with Crippen LogP contribution in [-0.4, -0.2) is 17.5 Å². The Labute approximate surface area is 140 Å². The Kier molecular flexibility index (Phi) is 5.41. The molecule has 0 aliphatic rings. The number of thiophene rings is 1. The summed E-state index contributed by atoms with van der Waals surface area (Å²) in [6, 6.07) is 8.47. The van der Waals surface area contributed by atoms with E-state index in [0.717, 1.165) is 11.3 Å². The summed E-state index contributed by atoms with van der Waals surface area (Å²) in [5.74, 6) is 0.102. The van der Waals surface area contributed by atoms with Crippen LogP contribution < -0.4 is 15.8 Å². The van der Waals surface area contributed by atoms with Gasteiger partial charge in [0.15, 0.2) is 0 Å². The van der Waals surface area contributed by atoms with Crippen LogP contribution in [0.3, 0.4) is 0 Å². The molecule has 1 heterocycles. The van der Waals surface area contributed by atoms with E-state index in [1.54, 1.807) is 24.3 Å². The Morgan fingerprint density at radius 3 is 2.71 bits per heavy atom. The lowest BCUT2D eigenvalue weighted by molar-refractivity contribution is 0.102. The first-order valence-corrected chi connectivity index (χ1v) is 7.71. The van der Waals surface area contributed by atoms with Crippen LogP contribution in [0.2, 0.25) is 8.67 Å². The van der Waals surface area contributed by atoms with Crippen LogP contribution in [-0.2, 0) is 0 Å². The number of anilines is 1. The number of hydrogen-bond acceptors (Lipinski definition) is 4. The van der Waals surface area contributed by atoms with Crippen molar-refractivity contribution in [2.75, 3.05) is 11.9 Å². The molecule has 1 aromatic carbocycles. The molecule has 0 saturated heterocycles. The molecule has 0 spiro atoms. The maximum absolute atomic E-state index is 12.2. The monoisotopic (exact) mass is 360 g/mol. The summed E-state index contributed by atoms with van der Waals surface area (Å²) in [5.41, 5.74) is 6.21. The number of halogens is 2. The summed E-state index contributed by atoms with van der Waals surface area (Å²) in [5, 5.41) is 2.72. The topological polar surface area (TPSA) is 64.3 Å². The summed E-state index contributed by atoms with van der Waals surface area (Å²) in [4.78, 5) is 12.4. The fourth-order valence-electron chi connectivity index (χ4n) is 1.53. The van der Waals surface area contributed by atoms with Gasteiger partial charge in [0, 0.05) is 0 Å². The van der Waals surface area contributed by atoms with Gasteiger partial charge in [-0.2, -0.15) is 0 Å². The van der Waals surface area contributed by atoms with E-state index in [-0.39, 0.29) is 17.5 Å². The van der Waals surface area contributed by atoms with Gasteiger partial charge < -0.3 is 15.8 Å². The van der Waals surface area contributed by atoms with Crippen LogP contribution in [0.25, 0.3) is 0 Å². The molecule has 3 N–H and O–H groups in total. The van der Waals surface area contributed by atoms with Crippen molar-refractivity contribution in [1.29, 1.82) is 0 Å². The standard InChI is InChI=1S/C13H10Cl2N2O2S2/c14-10-5-7(12(15)21-10)13(18)17-8-3-1-2-4-9(8)19-6-11(16)20/h1-5H,6H2,(H2,16,20)(H,17,18). The number of hydrogen-bond donors (Lipinski definition) is 2. The van der Waals surface area contributed by atoms with Gasteiger partial charge >= 0.3 is 0 Å². The van der Waals surface area contributed by atoms with Crippen molar-refractivity contribution >= 4 is 63.3 Å². The number of nitrogens with two attached hydrogens (primary N) is 1. The van der Waals surface area contributed by atoms with Gasteiger partial charge in [-0.3, -0.25) is 4.79 Å². The fourth-order valence-corrected chi connectivity index (χ4v) is 3.05. The van der Waals surface area contributed by atoms with Gasteiger partial charge in [0.2, 0.25) is 0 Å². The van der Waals surface area contributed by atoms with Gasteiger partial charge in [0.1, 0.15) is 21.7 Å². The maximum Gasteiger partial charge on any atom is 0.258 e. The largest absolute Gasteiger partial charge is 0.484 e. The minimum atomic E-state index is -0.366. The second-order valence-corrected chi connectivity index (χ2v) is 6.75. The van der Waals surface area contributed by atoms with E-state index in [0.29, 0.717) is 25.7 Å². The van der Waals surface area contributed by atoms with E-state index in [2.05, 4.69) is 5.32 Å². The van der Waals surface area contributed by atoms with Gasteiger partial charge in [0.25, 0.3) is 5.91 Å². The average Bonchev–Trinajstić information content (AvgIpc) is 2.76. The molecule has 21 heavy (non-hydrogen) atoms. The lowest BCUT2D eigenvalue weighted by Crippen LogP contribution is -2.19. The molecule has 2 aromatic rings. The first-order chi connectivity index (χ1) is 9.97. The van der Waals surface area contributed by atoms with Gasteiger partial charge in [0.05, 0.1) is 15.6 Å². The smallest absolute Gasteiger partial charge is 0.258 e. The summed E-state index contributed by atoms with van der Waals surface area (Å²) in [7, 11) is 0. The van der Waals surface area contributed by atoms with E-state index < -0.39 is 0 Å². The van der Waals surface area contributed by atoms with Crippen molar-refractivity contribution in [3.05, 3.63) is 44.6 Å². The van der Waals surface area contributed by atoms with Crippen molar-refractivity contribution in [2.24, 2.45) is 5.73 Å². The third kappa shape index (κ3) is 4.31. The number of carbonyl (C=O) groups excluding carboxylic acids is 1. The highest BCUT2D eigenvalue weighted by atomic mass is 35.5. The molecule has 0 unspecified atom stereocenters. The molecule has 1 aromatic heterocycles. The van der Waals surface area contributed by atoms with E-state index in [1.807, 2.05) is 0 Å². The predicted molar refractivity (Wildman–Crippen MR) is 91.0 cm³/mol. The third-order valence-electron chi connectivity index (χ3n) is 2.41. The molecule has 0 radical (unpaired) electrons. The third-order valence-corrected chi connectivity index (χ3v) is 4.01. The Morgan fingerprint density at radius 2 is 2.10 bits per heavy atom. The second-order valence-electron chi connectivity index (χ2n) is 3.94. The zero-order valence-electron chi connectivity index (χ0n) is 10.6. The maximum atomic E-state index is 12.2. The van der Waals surface area contributed by atoms with Gasteiger partial charge in [-0.15, -0.1) is 11.3 Å². The first kappa shape index (κ1) is 16.0. The number of nitrogens with one attached hydrogen (secondary N) is 1. The van der Waals surface area contributed by atoms with Crippen molar-refractivity contribution < 1.29 is 9.53 Å². The van der Waals surface area contributed by atoms with Crippen LogP contribution >= 0.6 is 46.8 Å². The summed E-state index contributed by atoms with van der Waals surface area (Å²) in [6.45, 7) is 0.0905. The Morgan fingerprint density at radius 1 is 1.38 bits per heavy atom. The second kappa shape index (κ2) is 7.09. The van der Waals surface area contributed by atoms with Crippen molar-refractivity contribution in [1.82, 2.24) is 0 Å². The summed E-state index contributed by atoms with van der Waals surface area (Å²) >= 11 is 17.7. The van der Waals surface area contributed by atoms with E-state index >= 15 is 0 Å². The van der Waals surface area contributed by atoms with E-state index in [4.69, 9.17) is 45.9 Å². The normalized spacial score (nSPS) is 10.2. The van der Waals surface area contributed by atoms with Crippen LogP contribution in [0.1, 0.15) is 10.4 Å². The highest BCUT2D eigenvalue weighted by Crippen LogP contribution is 2.32. The van der Waals surface area contributed by atoms with Gasteiger partial charge in [-0.05, 0) is 18.2 Å². The molecule has 0 fully saturated rings. The number of para-hydroxylation sites is 2. The molecule has 1 amide bonds. The number of thiocarbonyl (C=S) groups is 1. The molecule has 4 nitrogen and oxygen atoms in total. The summed E-state index contributed by atoms with van der Waals surface area (Å²) < 4.78 is 6.21. The molecule has 110 valence electrons. The van der Waals surface area contributed by atoms with Crippen LogP contribution in [0.5, 0.6) is 5.75 Å². The Bertz CT molecular complexity index is 689. The van der Waals surface area contributed by atoms with Crippen molar-refractivity contribution in [3.8, 4) is 5.75 Å². The molecule has 2 rings (SSSR count). The average molecular weight is 361 g/mol. The highest BCUT2D eigenvalue weighted by Gasteiger charge is 2.16. The SMILES string of the molecule is NC(=S)COc1ccccc1NC(=O)c1cc(Cl)sc1Cl. The highest BCUT2D eigenvalue weighted by molar-refractivity contribution is 7.80. The molecular formula is C13H10Cl2N2O2S2. The number of benzene rings is 1. The number of carbonyl (C=O) groups is 1. The molecule has 0 aliphatic heterocycles. The lowest BCUT2D eigenvalue weighted by Gasteiger charge is -2.11. The van der Waals surface area contributed by atoms with Crippen LogP contribution in [0.4, 0.5) is 5.69 Å². The number of ether oxygens (including phenoxy) is 1. The Hall–Kier alpha value is -1.34. The predicted octanol–water partition coefficient (Wildman–Crippen LogP) is 3.97. The van der Waals surface area contributed by atoms with Crippen LogP contribution in [0, 0.1) is 0 Å². The molecular weight excluding hydrogens is 351 g/mol. The molecule has 0 saturated carbocycles. The minimum Gasteiger partial charge on any atom is -0.484 e. The quantitative estimate of drug-likeness (QED) is 0.791. The molecule has 8 heteroatoms. The number of rotatable bonds is 5. The lowest BCUT2D eigenvalue weighted by atomic mass is 10.2. The van der Waals surface area contributed by atoms with Gasteiger partial charge in [-0.25, -0.2) is 0 Å². The van der Waals surface area contributed by atoms with Crippen LogP contribution in [0.15, 0.2) is 30.3 Å². The van der Waals surface area contributed by atoms with Crippen molar-refractivity contribution in [2.45, 2.75) is 0 Å². The zero-order valence-corrected chi connectivity index (χ0v) is 13.7. The molecule has 0 atom stereocenters. The molecule has 0 aliphatic carbocycles. The fraction of sp³-hybridized carbons (Fsp3) is 0.0769. The number of amides is 1. The zero-order chi connectivity index (χ0) is 15.4. The minimum absolute atomic E-state index is 0.0905. The van der Waals surface area contributed by atoms with E-state index in [1.165, 1.54) is 6.07 Å². The molecule has 0 bridgehead atoms. The van der Waals surface area contributed by atoms with E-state index in [9.17, 15) is 4.79 Å². The Balaban J connectivity index is 2.17. The van der Waals surface area contributed by atoms with Crippen molar-refractivity contribution in [3.63, 3.8) is 0 Å². The summed E-state index contributed by atoms with van der Waals surface area (Å²) in [6.07, 6.45) is 0. The van der Waals surface area contributed by atoms with Gasteiger partial charge in [-0.1, -0.05) is 47.6 Å². The first-order valence-electron chi connectivity index (χ1n) is 5.73.